The number of hydrogen-bond acceptors (Lipinski definition) is 3. The summed E-state index contributed by atoms with van der Waals surface area (Å²) in [7, 11) is 1.50. The highest BCUT2D eigenvalue weighted by atomic mass is 16.6. The van der Waals surface area contributed by atoms with E-state index in [0.717, 1.165) is 11.3 Å². The van der Waals surface area contributed by atoms with Crippen LogP contribution in [0.3, 0.4) is 0 Å². The molecule has 1 atom stereocenters. The standard InChI is InChI=1S/C8H14O3/c1-6-7(2)11-5-4-8(6,9)10-3/h9H,4-5H2,1-3H3. The lowest BCUT2D eigenvalue weighted by atomic mass is 10.0. The average Bonchev–Trinajstić information content (AvgIpc) is 2.00. The van der Waals surface area contributed by atoms with E-state index in [9.17, 15) is 5.11 Å². The second-order valence-corrected chi connectivity index (χ2v) is 2.77. The van der Waals surface area contributed by atoms with Gasteiger partial charge in [-0.3, -0.25) is 0 Å². The molecule has 0 radical (unpaired) electrons. The Kier molecular flexibility index (Phi) is 2.20. The van der Waals surface area contributed by atoms with Gasteiger partial charge in [-0.2, -0.15) is 0 Å². The summed E-state index contributed by atoms with van der Waals surface area (Å²) in [6, 6.07) is 0. The second-order valence-electron chi connectivity index (χ2n) is 2.77. The molecule has 1 unspecified atom stereocenters. The monoisotopic (exact) mass is 158 g/mol. The van der Waals surface area contributed by atoms with E-state index >= 15 is 0 Å². The molecule has 1 aliphatic heterocycles. The molecular formula is C8H14O3. The molecule has 0 aromatic heterocycles. The maximum atomic E-state index is 9.76. The summed E-state index contributed by atoms with van der Waals surface area (Å²) in [5.41, 5.74) is 0.770. The molecule has 3 nitrogen and oxygen atoms in total. The third-order valence-corrected chi connectivity index (χ3v) is 2.21. The Balaban J connectivity index is 2.90. The summed E-state index contributed by atoms with van der Waals surface area (Å²) in [4.78, 5) is 0. The van der Waals surface area contributed by atoms with Gasteiger partial charge >= 0.3 is 0 Å². The van der Waals surface area contributed by atoms with Crippen molar-refractivity contribution in [2.75, 3.05) is 13.7 Å². The molecule has 0 bridgehead atoms. The van der Waals surface area contributed by atoms with E-state index < -0.39 is 5.79 Å². The fourth-order valence-corrected chi connectivity index (χ4v) is 1.17. The molecular weight excluding hydrogens is 144 g/mol. The van der Waals surface area contributed by atoms with E-state index in [4.69, 9.17) is 9.47 Å². The van der Waals surface area contributed by atoms with E-state index in [1.54, 1.807) is 0 Å². The summed E-state index contributed by atoms with van der Waals surface area (Å²) in [6.45, 7) is 4.17. The van der Waals surface area contributed by atoms with Crippen LogP contribution >= 0.6 is 0 Å². The summed E-state index contributed by atoms with van der Waals surface area (Å²) in [6.07, 6.45) is 0.507. The third kappa shape index (κ3) is 1.39. The topological polar surface area (TPSA) is 38.7 Å². The van der Waals surface area contributed by atoms with Gasteiger partial charge < -0.3 is 14.6 Å². The zero-order valence-electron chi connectivity index (χ0n) is 7.18. The van der Waals surface area contributed by atoms with E-state index in [2.05, 4.69) is 0 Å². The van der Waals surface area contributed by atoms with Crippen molar-refractivity contribution in [1.82, 2.24) is 0 Å². The zero-order chi connectivity index (χ0) is 8.48. The van der Waals surface area contributed by atoms with E-state index in [0.29, 0.717) is 13.0 Å². The van der Waals surface area contributed by atoms with Gasteiger partial charge in [-0.1, -0.05) is 0 Å². The Labute approximate surface area is 66.6 Å². The average molecular weight is 158 g/mol. The first kappa shape index (κ1) is 8.56. The summed E-state index contributed by atoms with van der Waals surface area (Å²) in [5, 5.41) is 9.76. The van der Waals surface area contributed by atoms with Crippen LogP contribution in [0.5, 0.6) is 0 Å². The molecule has 1 aliphatic rings. The van der Waals surface area contributed by atoms with Gasteiger partial charge in [-0.05, 0) is 13.8 Å². The number of allylic oxidation sites excluding steroid dienone is 1. The SMILES string of the molecule is COC1(O)CCOC(C)=C1C. The van der Waals surface area contributed by atoms with E-state index in [1.165, 1.54) is 7.11 Å². The molecule has 0 amide bonds. The van der Waals surface area contributed by atoms with Crippen LogP contribution in [0.1, 0.15) is 20.3 Å². The van der Waals surface area contributed by atoms with Crippen LogP contribution in [0.15, 0.2) is 11.3 Å². The van der Waals surface area contributed by atoms with Gasteiger partial charge in [0.05, 0.1) is 12.4 Å². The van der Waals surface area contributed by atoms with E-state index in [-0.39, 0.29) is 0 Å². The predicted octanol–water partition coefficient (Wildman–Crippen LogP) is 1.04. The Morgan fingerprint density at radius 3 is 2.64 bits per heavy atom. The van der Waals surface area contributed by atoms with Gasteiger partial charge in [0.25, 0.3) is 0 Å². The molecule has 1 rings (SSSR count). The summed E-state index contributed by atoms with van der Waals surface area (Å²) < 4.78 is 10.2. The van der Waals surface area contributed by atoms with Gasteiger partial charge in [-0.15, -0.1) is 0 Å². The summed E-state index contributed by atoms with van der Waals surface area (Å²) in [5.74, 6) is -0.330. The van der Waals surface area contributed by atoms with Gasteiger partial charge in [0, 0.05) is 19.1 Å². The molecule has 0 aromatic carbocycles. The minimum absolute atomic E-state index is 0.507. The first-order valence-electron chi connectivity index (χ1n) is 3.68. The minimum atomic E-state index is -1.09. The lowest BCUT2D eigenvalue weighted by molar-refractivity contribution is -0.176. The van der Waals surface area contributed by atoms with Crippen LogP contribution in [0.4, 0.5) is 0 Å². The second kappa shape index (κ2) is 2.83. The quantitative estimate of drug-likeness (QED) is 0.579. The Morgan fingerprint density at radius 2 is 2.18 bits per heavy atom. The molecule has 64 valence electrons. The molecule has 3 heteroatoms. The molecule has 0 saturated heterocycles. The van der Waals surface area contributed by atoms with Crippen LogP contribution < -0.4 is 0 Å². The molecule has 0 spiro atoms. The molecule has 1 N–H and O–H groups in total. The van der Waals surface area contributed by atoms with Crippen molar-refractivity contribution in [2.24, 2.45) is 0 Å². The fraction of sp³-hybridized carbons (Fsp3) is 0.750. The van der Waals surface area contributed by atoms with E-state index in [1.807, 2.05) is 13.8 Å². The predicted molar refractivity (Wildman–Crippen MR) is 40.9 cm³/mol. The highest BCUT2D eigenvalue weighted by Crippen LogP contribution is 2.29. The molecule has 0 fully saturated rings. The fourth-order valence-electron chi connectivity index (χ4n) is 1.17. The van der Waals surface area contributed by atoms with Crippen molar-refractivity contribution in [2.45, 2.75) is 26.1 Å². The number of hydrogen-bond donors (Lipinski definition) is 1. The molecule has 0 aliphatic carbocycles. The van der Waals surface area contributed by atoms with Gasteiger partial charge in [0.15, 0.2) is 5.79 Å². The van der Waals surface area contributed by atoms with Crippen LogP contribution in [0, 0.1) is 0 Å². The Morgan fingerprint density at radius 1 is 1.55 bits per heavy atom. The Bertz CT molecular complexity index is 186. The first-order chi connectivity index (χ1) is 5.10. The third-order valence-electron chi connectivity index (χ3n) is 2.21. The van der Waals surface area contributed by atoms with Gasteiger partial charge in [0.1, 0.15) is 0 Å². The van der Waals surface area contributed by atoms with Gasteiger partial charge in [-0.25, -0.2) is 0 Å². The van der Waals surface area contributed by atoms with Crippen molar-refractivity contribution >= 4 is 0 Å². The smallest absolute Gasteiger partial charge is 0.194 e. The number of rotatable bonds is 1. The van der Waals surface area contributed by atoms with Crippen LogP contribution in [0.2, 0.25) is 0 Å². The van der Waals surface area contributed by atoms with Crippen molar-refractivity contribution in [3.63, 3.8) is 0 Å². The normalized spacial score (nSPS) is 32.0. The molecule has 0 saturated carbocycles. The Hall–Kier alpha value is -0.540. The molecule has 11 heavy (non-hydrogen) atoms. The van der Waals surface area contributed by atoms with Crippen LogP contribution in [-0.4, -0.2) is 24.6 Å². The maximum Gasteiger partial charge on any atom is 0.194 e. The van der Waals surface area contributed by atoms with Crippen molar-refractivity contribution in [3.8, 4) is 0 Å². The number of aliphatic hydroxyl groups is 1. The molecule has 1 heterocycles. The highest BCUT2D eigenvalue weighted by molar-refractivity contribution is 5.15. The van der Waals surface area contributed by atoms with Crippen molar-refractivity contribution < 1.29 is 14.6 Å². The lowest BCUT2D eigenvalue weighted by Gasteiger charge is -2.32. The van der Waals surface area contributed by atoms with Crippen LogP contribution in [-0.2, 0) is 9.47 Å². The highest BCUT2D eigenvalue weighted by Gasteiger charge is 2.33. The van der Waals surface area contributed by atoms with Gasteiger partial charge in [0.2, 0.25) is 0 Å². The lowest BCUT2D eigenvalue weighted by Crippen LogP contribution is -2.37. The van der Waals surface area contributed by atoms with Crippen molar-refractivity contribution in [3.05, 3.63) is 11.3 Å². The largest absolute Gasteiger partial charge is 0.498 e. The van der Waals surface area contributed by atoms with Crippen molar-refractivity contribution in [1.29, 1.82) is 0 Å². The maximum absolute atomic E-state index is 9.76. The minimum Gasteiger partial charge on any atom is -0.498 e. The first-order valence-corrected chi connectivity index (χ1v) is 3.68. The summed E-state index contributed by atoms with van der Waals surface area (Å²) >= 11 is 0. The number of ether oxygens (including phenoxy) is 2. The zero-order valence-corrected chi connectivity index (χ0v) is 7.18. The molecule has 0 aromatic rings. The van der Waals surface area contributed by atoms with Crippen LogP contribution in [0.25, 0.3) is 0 Å². The number of methoxy groups -OCH3 is 1.